The highest BCUT2D eigenvalue weighted by atomic mass is 32.2. The number of ether oxygens (including phenoxy) is 1. The van der Waals surface area contributed by atoms with E-state index in [0.29, 0.717) is 6.04 Å². The highest BCUT2D eigenvalue weighted by molar-refractivity contribution is 7.98. The van der Waals surface area contributed by atoms with Crippen molar-refractivity contribution in [3.8, 4) is 0 Å². The average Bonchev–Trinajstić information content (AvgIpc) is 2.84. The lowest BCUT2D eigenvalue weighted by Gasteiger charge is -2.26. The summed E-state index contributed by atoms with van der Waals surface area (Å²) in [4.78, 5) is 6.91. The van der Waals surface area contributed by atoms with Crippen molar-refractivity contribution in [3.05, 3.63) is 18.2 Å². The molecule has 0 atom stereocenters. The fraction of sp³-hybridized carbons (Fsp3) is 0.769. The van der Waals surface area contributed by atoms with Crippen molar-refractivity contribution in [2.24, 2.45) is 0 Å². The Bertz CT molecular complexity index is 348. The second-order valence-corrected chi connectivity index (χ2v) is 5.96. The quantitative estimate of drug-likeness (QED) is 0.739. The van der Waals surface area contributed by atoms with Gasteiger partial charge in [0, 0.05) is 43.8 Å². The number of hydrogen-bond acceptors (Lipinski definition) is 4. The predicted molar refractivity (Wildman–Crippen MR) is 76.0 cm³/mol. The molecule has 0 radical (unpaired) electrons. The smallest absolute Gasteiger partial charge is 0.118 e. The highest BCUT2D eigenvalue weighted by Gasteiger charge is 2.10. The largest absolute Gasteiger partial charge is 0.379 e. The van der Waals surface area contributed by atoms with E-state index in [0.717, 1.165) is 38.6 Å². The van der Waals surface area contributed by atoms with E-state index in [4.69, 9.17) is 4.74 Å². The predicted octanol–water partition coefficient (Wildman–Crippen LogP) is 2.03. The number of imidazole rings is 1. The molecule has 0 N–H and O–H groups in total. The Morgan fingerprint density at radius 1 is 1.39 bits per heavy atom. The van der Waals surface area contributed by atoms with Crippen molar-refractivity contribution < 1.29 is 4.74 Å². The molecule has 1 aromatic rings. The third-order valence-corrected chi connectivity index (χ3v) is 4.13. The minimum atomic E-state index is 0.502. The lowest BCUT2D eigenvalue weighted by Crippen LogP contribution is -2.37. The molecule has 102 valence electrons. The minimum absolute atomic E-state index is 0.502. The molecule has 18 heavy (non-hydrogen) atoms. The SMILES string of the molecule is CC(C)n1ccnc1CSCCN1CCOCC1. The van der Waals surface area contributed by atoms with Gasteiger partial charge in [0.05, 0.1) is 19.0 Å². The van der Waals surface area contributed by atoms with Crippen LogP contribution in [-0.4, -0.2) is 53.1 Å². The molecule has 1 aliphatic rings. The first-order valence-corrected chi connectivity index (χ1v) is 7.82. The van der Waals surface area contributed by atoms with Crippen LogP contribution >= 0.6 is 11.8 Å². The van der Waals surface area contributed by atoms with Gasteiger partial charge < -0.3 is 9.30 Å². The van der Waals surface area contributed by atoms with E-state index in [9.17, 15) is 0 Å². The lowest BCUT2D eigenvalue weighted by atomic mass is 10.4. The highest BCUT2D eigenvalue weighted by Crippen LogP contribution is 2.15. The Kier molecular flexibility index (Phi) is 5.53. The molecular weight excluding hydrogens is 246 g/mol. The first-order valence-electron chi connectivity index (χ1n) is 6.67. The van der Waals surface area contributed by atoms with Crippen molar-refractivity contribution in [1.82, 2.24) is 14.5 Å². The number of hydrogen-bond donors (Lipinski definition) is 0. The molecule has 0 bridgehead atoms. The summed E-state index contributed by atoms with van der Waals surface area (Å²) < 4.78 is 7.60. The van der Waals surface area contributed by atoms with Crippen LogP contribution in [0.1, 0.15) is 25.7 Å². The van der Waals surface area contributed by atoms with Gasteiger partial charge in [0.1, 0.15) is 5.82 Å². The second-order valence-electron chi connectivity index (χ2n) is 4.85. The molecule has 0 saturated carbocycles. The molecule has 2 heterocycles. The van der Waals surface area contributed by atoms with Crippen molar-refractivity contribution in [2.45, 2.75) is 25.6 Å². The van der Waals surface area contributed by atoms with E-state index in [2.05, 4.69) is 34.5 Å². The van der Waals surface area contributed by atoms with E-state index in [-0.39, 0.29) is 0 Å². The van der Waals surface area contributed by atoms with Crippen molar-refractivity contribution in [1.29, 1.82) is 0 Å². The summed E-state index contributed by atoms with van der Waals surface area (Å²) in [6.07, 6.45) is 3.97. The third-order valence-electron chi connectivity index (χ3n) is 3.19. The second kappa shape index (κ2) is 7.16. The number of morpholine rings is 1. The number of aromatic nitrogens is 2. The van der Waals surface area contributed by atoms with Crippen LogP contribution in [0.25, 0.3) is 0 Å². The van der Waals surface area contributed by atoms with Crippen LogP contribution in [0.4, 0.5) is 0 Å². The van der Waals surface area contributed by atoms with Crippen molar-refractivity contribution in [3.63, 3.8) is 0 Å². The van der Waals surface area contributed by atoms with E-state index in [1.54, 1.807) is 0 Å². The van der Waals surface area contributed by atoms with E-state index >= 15 is 0 Å². The lowest BCUT2D eigenvalue weighted by molar-refractivity contribution is 0.0410. The van der Waals surface area contributed by atoms with Crippen molar-refractivity contribution in [2.75, 3.05) is 38.6 Å². The van der Waals surface area contributed by atoms with Crippen LogP contribution in [0.3, 0.4) is 0 Å². The average molecular weight is 269 g/mol. The van der Waals surface area contributed by atoms with Crippen LogP contribution in [0.15, 0.2) is 12.4 Å². The van der Waals surface area contributed by atoms with Gasteiger partial charge in [0.2, 0.25) is 0 Å². The topological polar surface area (TPSA) is 30.3 Å². The summed E-state index contributed by atoms with van der Waals surface area (Å²) in [5.41, 5.74) is 0. The van der Waals surface area contributed by atoms with E-state index in [1.807, 2.05) is 18.0 Å². The van der Waals surface area contributed by atoms with Crippen LogP contribution in [-0.2, 0) is 10.5 Å². The maximum Gasteiger partial charge on any atom is 0.118 e. The van der Waals surface area contributed by atoms with Crippen molar-refractivity contribution >= 4 is 11.8 Å². The minimum Gasteiger partial charge on any atom is -0.379 e. The van der Waals surface area contributed by atoms with Gasteiger partial charge in [-0.1, -0.05) is 0 Å². The Hall–Kier alpha value is -0.520. The van der Waals surface area contributed by atoms with Crippen LogP contribution in [0.5, 0.6) is 0 Å². The summed E-state index contributed by atoms with van der Waals surface area (Å²) in [6, 6.07) is 0.502. The molecule has 1 aliphatic heterocycles. The van der Waals surface area contributed by atoms with Gasteiger partial charge >= 0.3 is 0 Å². The summed E-state index contributed by atoms with van der Waals surface area (Å²) >= 11 is 1.97. The molecule has 0 aliphatic carbocycles. The third kappa shape index (κ3) is 4.00. The van der Waals surface area contributed by atoms with Crippen LogP contribution in [0.2, 0.25) is 0 Å². The zero-order chi connectivity index (χ0) is 12.8. The van der Waals surface area contributed by atoms with Gasteiger partial charge in [-0.05, 0) is 13.8 Å². The molecule has 2 rings (SSSR count). The van der Waals surface area contributed by atoms with Gasteiger partial charge in [-0.2, -0.15) is 11.8 Å². The molecule has 1 aromatic heterocycles. The number of thioether (sulfide) groups is 1. The zero-order valence-electron chi connectivity index (χ0n) is 11.3. The summed E-state index contributed by atoms with van der Waals surface area (Å²) in [5.74, 6) is 3.37. The maximum absolute atomic E-state index is 5.35. The molecule has 0 unspecified atom stereocenters. The molecule has 0 amide bonds. The Labute approximate surface area is 114 Å². The molecule has 5 heteroatoms. The molecule has 4 nitrogen and oxygen atoms in total. The van der Waals surface area contributed by atoms with E-state index < -0.39 is 0 Å². The van der Waals surface area contributed by atoms with Gasteiger partial charge in [-0.3, -0.25) is 4.90 Å². The molecule has 1 fully saturated rings. The van der Waals surface area contributed by atoms with Crippen LogP contribution in [0, 0.1) is 0 Å². The summed E-state index contributed by atoms with van der Waals surface area (Å²) in [7, 11) is 0. The Morgan fingerprint density at radius 3 is 2.89 bits per heavy atom. The van der Waals surface area contributed by atoms with Crippen LogP contribution < -0.4 is 0 Å². The van der Waals surface area contributed by atoms with Gasteiger partial charge in [0.25, 0.3) is 0 Å². The Morgan fingerprint density at radius 2 is 2.17 bits per heavy atom. The first-order chi connectivity index (χ1) is 8.77. The normalized spacial score (nSPS) is 17.5. The van der Waals surface area contributed by atoms with Gasteiger partial charge in [-0.15, -0.1) is 0 Å². The fourth-order valence-electron chi connectivity index (χ4n) is 2.11. The molecule has 0 spiro atoms. The zero-order valence-corrected chi connectivity index (χ0v) is 12.2. The molecule has 1 saturated heterocycles. The van der Waals surface area contributed by atoms with Gasteiger partial charge in [-0.25, -0.2) is 4.98 Å². The fourth-order valence-corrected chi connectivity index (χ4v) is 3.05. The molecular formula is C13H23N3OS. The standard InChI is InChI=1S/C13H23N3OS/c1-12(2)16-4-3-14-13(16)11-18-10-7-15-5-8-17-9-6-15/h3-4,12H,5-11H2,1-2H3. The molecule has 0 aromatic carbocycles. The monoisotopic (exact) mass is 269 g/mol. The Balaban J connectivity index is 1.66. The summed E-state index contributed by atoms with van der Waals surface area (Å²) in [6.45, 7) is 9.51. The number of rotatable bonds is 6. The van der Waals surface area contributed by atoms with E-state index in [1.165, 1.54) is 11.6 Å². The summed E-state index contributed by atoms with van der Waals surface area (Å²) in [5, 5.41) is 0. The number of nitrogens with zero attached hydrogens (tertiary/aromatic N) is 3. The van der Waals surface area contributed by atoms with Gasteiger partial charge in [0.15, 0.2) is 0 Å². The maximum atomic E-state index is 5.35. The first kappa shape index (κ1) is 13.9.